The summed E-state index contributed by atoms with van der Waals surface area (Å²) in [7, 11) is 3.48. The minimum Gasteiger partial charge on any atom is -0.337 e. The van der Waals surface area contributed by atoms with E-state index in [9.17, 15) is 4.79 Å². The molecular weight excluding hydrogens is 234 g/mol. The minimum atomic E-state index is -0.0454. The molecule has 4 nitrogen and oxygen atoms in total. The van der Waals surface area contributed by atoms with Gasteiger partial charge in [-0.15, -0.1) is 11.3 Å². The van der Waals surface area contributed by atoms with E-state index in [1.165, 1.54) is 9.78 Å². The molecule has 1 atom stereocenters. The van der Waals surface area contributed by atoms with Crippen LogP contribution in [0.25, 0.3) is 0 Å². The summed E-state index contributed by atoms with van der Waals surface area (Å²) in [6.45, 7) is 3.60. The molecule has 0 aromatic carbocycles. The average molecular weight is 255 g/mol. The van der Waals surface area contributed by atoms with E-state index in [0.717, 1.165) is 13.0 Å². The maximum Gasteiger partial charge on any atom is 0.316 e. The molecule has 0 aliphatic rings. The van der Waals surface area contributed by atoms with Gasteiger partial charge in [-0.25, -0.2) is 4.79 Å². The van der Waals surface area contributed by atoms with Crippen LogP contribution in [-0.2, 0) is 0 Å². The fourth-order valence-electron chi connectivity index (χ4n) is 1.51. The molecule has 1 heterocycles. The van der Waals surface area contributed by atoms with E-state index in [2.05, 4.69) is 35.1 Å². The van der Waals surface area contributed by atoms with Crippen LogP contribution in [0.4, 0.5) is 4.79 Å². The lowest BCUT2D eigenvalue weighted by atomic mass is 10.2. The highest BCUT2D eigenvalue weighted by atomic mass is 32.1. The van der Waals surface area contributed by atoms with E-state index >= 15 is 0 Å². The summed E-state index contributed by atoms with van der Waals surface area (Å²) < 4.78 is 0. The smallest absolute Gasteiger partial charge is 0.316 e. The third-order valence-corrected chi connectivity index (χ3v) is 3.48. The first-order valence-corrected chi connectivity index (χ1v) is 6.75. The largest absolute Gasteiger partial charge is 0.337 e. The van der Waals surface area contributed by atoms with Gasteiger partial charge in [0.1, 0.15) is 0 Å². The second-order valence-corrected chi connectivity index (χ2v) is 5.04. The van der Waals surface area contributed by atoms with Crippen molar-refractivity contribution in [2.24, 2.45) is 0 Å². The van der Waals surface area contributed by atoms with Gasteiger partial charge in [-0.2, -0.15) is 0 Å². The molecular formula is C12H21N3OS. The van der Waals surface area contributed by atoms with Crippen molar-refractivity contribution in [3.63, 3.8) is 0 Å². The second-order valence-electron chi connectivity index (χ2n) is 4.06. The standard InChI is InChI=1S/C12H21N3OS/c1-4-10(11-6-5-9-17-11)13-7-8-14-12(16)15(2)3/h5-6,9-10,13H,4,7-8H2,1-3H3,(H,14,16). The molecule has 1 rings (SSSR count). The van der Waals surface area contributed by atoms with Crippen molar-refractivity contribution >= 4 is 17.4 Å². The number of nitrogens with one attached hydrogen (secondary N) is 2. The van der Waals surface area contributed by atoms with Crippen LogP contribution in [0.3, 0.4) is 0 Å². The summed E-state index contributed by atoms with van der Waals surface area (Å²) in [5.74, 6) is 0. The Morgan fingerprint density at radius 2 is 2.24 bits per heavy atom. The number of hydrogen-bond donors (Lipinski definition) is 2. The molecule has 96 valence electrons. The third-order valence-electron chi connectivity index (χ3n) is 2.49. The maximum absolute atomic E-state index is 11.3. The molecule has 0 bridgehead atoms. The molecule has 2 amide bonds. The highest BCUT2D eigenvalue weighted by molar-refractivity contribution is 7.10. The Bertz CT molecular complexity index is 325. The first kappa shape index (κ1) is 14.0. The SMILES string of the molecule is CCC(NCCNC(=O)N(C)C)c1cccs1. The fourth-order valence-corrected chi connectivity index (χ4v) is 2.40. The number of carbonyl (C=O) groups is 1. The average Bonchev–Trinajstić information content (AvgIpc) is 2.82. The van der Waals surface area contributed by atoms with Gasteiger partial charge in [0.2, 0.25) is 0 Å². The zero-order valence-corrected chi connectivity index (χ0v) is 11.5. The van der Waals surface area contributed by atoms with Gasteiger partial charge in [0.15, 0.2) is 0 Å². The zero-order valence-electron chi connectivity index (χ0n) is 10.7. The number of thiophene rings is 1. The van der Waals surface area contributed by atoms with E-state index in [-0.39, 0.29) is 6.03 Å². The Hall–Kier alpha value is -1.07. The number of nitrogens with zero attached hydrogens (tertiary/aromatic N) is 1. The predicted molar refractivity (Wildman–Crippen MR) is 72.4 cm³/mol. The molecule has 1 aromatic heterocycles. The van der Waals surface area contributed by atoms with Crippen LogP contribution in [0.15, 0.2) is 17.5 Å². The van der Waals surface area contributed by atoms with Crippen molar-refractivity contribution in [3.05, 3.63) is 22.4 Å². The summed E-state index contributed by atoms with van der Waals surface area (Å²) in [5, 5.41) is 8.37. The van der Waals surface area contributed by atoms with Crippen LogP contribution in [0.5, 0.6) is 0 Å². The van der Waals surface area contributed by atoms with Gasteiger partial charge < -0.3 is 15.5 Å². The van der Waals surface area contributed by atoms with Crippen molar-refractivity contribution < 1.29 is 4.79 Å². The first-order valence-electron chi connectivity index (χ1n) is 5.87. The molecule has 0 spiro atoms. The number of urea groups is 1. The molecule has 2 N–H and O–H groups in total. The van der Waals surface area contributed by atoms with Gasteiger partial charge in [-0.3, -0.25) is 0 Å². The number of amides is 2. The minimum absolute atomic E-state index is 0.0454. The molecule has 0 radical (unpaired) electrons. The van der Waals surface area contributed by atoms with Crippen LogP contribution in [0, 0.1) is 0 Å². The Balaban J connectivity index is 2.23. The maximum atomic E-state index is 11.3. The highest BCUT2D eigenvalue weighted by Gasteiger charge is 2.09. The lowest BCUT2D eigenvalue weighted by molar-refractivity contribution is 0.217. The Kier molecular flexibility index (Phi) is 6.00. The predicted octanol–water partition coefficient (Wildman–Crippen LogP) is 2.06. The number of carbonyl (C=O) groups excluding carboxylic acids is 1. The van der Waals surface area contributed by atoms with Crippen molar-refractivity contribution in [3.8, 4) is 0 Å². The lowest BCUT2D eigenvalue weighted by Gasteiger charge is -2.16. The Morgan fingerprint density at radius 3 is 2.76 bits per heavy atom. The van der Waals surface area contributed by atoms with Crippen LogP contribution in [0.2, 0.25) is 0 Å². The van der Waals surface area contributed by atoms with Gasteiger partial charge in [0, 0.05) is 38.1 Å². The highest BCUT2D eigenvalue weighted by Crippen LogP contribution is 2.20. The van der Waals surface area contributed by atoms with Crippen molar-refractivity contribution in [2.75, 3.05) is 27.2 Å². The summed E-state index contributed by atoms with van der Waals surface area (Å²) in [5.41, 5.74) is 0. The van der Waals surface area contributed by atoms with E-state index in [0.29, 0.717) is 12.6 Å². The third kappa shape index (κ3) is 4.75. The van der Waals surface area contributed by atoms with E-state index < -0.39 is 0 Å². The Labute approximate surface area is 107 Å². The second kappa shape index (κ2) is 7.29. The van der Waals surface area contributed by atoms with E-state index in [4.69, 9.17) is 0 Å². The fraction of sp³-hybridized carbons (Fsp3) is 0.583. The number of rotatable bonds is 6. The van der Waals surface area contributed by atoms with Crippen LogP contribution < -0.4 is 10.6 Å². The van der Waals surface area contributed by atoms with Gasteiger partial charge in [-0.1, -0.05) is 13.0 Å². The topological polar surface area (TPSA) is 44.4 Å². The van der Waals surface area contributed by atoms with Crippen molar-refractivity contribution in [2.45, 2.75) is 19.4 Å². The molecule has 0 aliphatic heterocycles. The molecule has 1 unspecified atom stereocenters. The van der Waals surface area contributed by atoms with Gasteiger partial charge in [-0.05, 0) is 17.9 Å². The summed E-state index contributed by atoms with van der Waals surface area (Å²) >= 11 is 1.77. The molecule has 0 aliphatic carbocycles. The first-order chi connectivity index (χ1) is 8.15. The van der Waals surface area contributed by atoms with Crippen LogP contribution in [0.1, 0.15) is 24.3 Å². The summed E-state index contributed by atoms with van der Waals surface area (Å²) in [6.07, 6.45) is 1.06. The van der Waals surface area contributed by atoms with Gasteiger partial charge in [0.25, 0.3) is 0 Å². The van der Waals surface area contributed by atoms with E-state index in [1.54, 1.807) is 25.4 Å². The quantitative estimate of drug-likeness (QED) is 0.764. The number of hydrogen-bond acceptors (Lipinski definition) is 3. The normalized spacial score (nSPS) is 12.2. The van der Waals surface area contributed by atoms with Crippen molar-refractivity contribution in [1.29, 1.82) is 0 Å². The monoisotopic (exact) mass is 255 g/mol. The molecule has 17 heavy (non-hydrogen) atoms. The van der Waals surface area contributed by atoms with Crippen LogP contribution >= 0.6 is 11.3 Å². The summed E-state index contributed by atoms with van der Waals surface area (Å²) in [6, 6.07) is 4.56. The zero-order chi connectivity index (χ0) is 12.7. The summed E-state index contributed by atoms with van der Waals surface area (Å²) in [4.78, 5) is 14.2. The lowest BCUT2D eigenvalue weighted by Crippen LogP contribution is -2.39. The van der Waals surface area contributed by atoms with Crippen LogP contribution in [-0.4, -0.2) is 38.1 Å². The molecule has 1 aromatic rings. The van der Waals surface area contributed by atoms with Gasteiger partial charge >= 0.3 is 6.03 Å². The molecule has 5 heteroatoms. The molecule has 0 fully saturated rings. The van der Waals surface area contributed by atoms with Gasteiger partial charge in [0.05, 0.1) is 0 Å². The Morgan fingerprint density at radius 1 is 1.47 bits per heavy atom. The molecule has 0 saturated carbocycles. The van der Waals surface area contributed by atoms with Crippen molar-refractivity contribution in [1.82, 2.24) is 15.5 Å². The molecule has 0 saturated heterocycles. The van der Waals surface area contributed by atoms with E-state index in [1.807, 2.05) is 0 Å².